The van der Waals surface area contributed by atoms with Gasteiger partial charge in [0.15, 0.2) is 0 Å². The zero-order chi connectivity index (χ0) is 8.53. The second kappa shape index (κ2) is 7.58. The molecule has 0 bridgehead atoms. The van der Waals surface area contributed by atoms with E-state index in [-0.39, 0.29) is 5.97 Å². The van der Waals surface area contributed by atoms with Crippen LogP contribution in [-0.4, -0.2) is 12.6 Å². The first-order chi connectivity index (χ1) is 5.31. The van der Waals surface area contributed by atoms with Crippen LogP contribution in [0.25, 0.3) is 0 Å². The molecule has 0 saturated carbocycles. The highest BCUT2D eigenvalue weighted by atomic mass is 16.5. The molecule has 0 aromatic carbocycles. The molecular formula is C9H17O2. The van der Waals surface area contributed by atoms with Crippen LogP contribution in [0.2, 0.25) is 0 Å². The number of rotatable bonds is 6. The van der Waals surface area contributed by atoms with Crippen molar-refractivity contribution in [3.8, 4) is 0 Å². The van der Waals surface area contributed by atoms with Crippen LogP contribution < -0.4 is 0 Å². The predicted molar refractivity (Wildman–Crippen MR) is 45.1 cm³/mol. The molecule has 0 amide bonds. The Kier molecular flexibility index (Phi) is 7.21. The minimum absolute atomic E-state index is 0.0726. The molecule has 0 unspecified atom stereocenters. The number of carbonyl (C=O) groups excluding carboxylic acids is 1. The number of carbonyl (C=O) groups is 1. The summed E-state index contributed by atoms with van der Waals surface area (Å²) in [5, 5.41) is 0. The van der Waals surface area contributed by atoms with Gasteiger partial charge in [-0.1, -0.05) is 26.7 Å². The highest BCUT2D eigenvalue weighted by molar-refractivity contribution is 5.69. The van der Waals surface area contributed by atoms with E-state index in [0.717, 1.165) is 25.7 Å². The lowest BCUT2D eigenvalue weighted by atomic mass is 10.3. The molecule has 0 saturated heterocycles. The lowest BCUT2D eigenvalue weighted by Gasteiger charge is -2.01. The summed E-state index contributed by atoms with van der Waals surface area (Å²) in [6.07, 6.45) is 4.32. The molecule has 0 aliphatic carbocycles. The second-order valence-corrected chi connectivity index (χ2v) is 2.53. The van der Waals surface area contributed by atoms with Gasteiger partial charge in [-0.3, -0.25) is 4.79 Å². The molecule has 2 heteroatoms. The van der Waals surface area contributed by atoms with Crippen molar-refractivity contribution < 1.29 is 9.53 Å². The zero-order valence-electron chi connectivity index (χ0n) is 7.27. The van der Waals surface area contributed by atoms with Gasteiger partial charge in [-0.15, -0.1) is 0 Å². The molecule has 0 heterocycles. The van der Waals surface area contributed by atoms with Crippen molar-refractivity contribution in [3.05, 3.63) is 6.92 Å². The number of hydrogen-bond acceptors (Lipinski definition) is 2. The Morgan fingerprint density at radius 3 is 2.73 bits per heavy atom. The number of ether oxygens (including phenoxy) is 1. The van der Waals surface area contributed by atoms with Crippen LogP contribution in [0.15, 0.2) is 0 Å². The van der Waals surface area contributed by atoms with E-state index in [1.807, 2.05) is 6.92 Å². The highest BCUT2D eigenvalue weighted by Gasteiger charge is 1.98. The molecule has 0 aromatic rings. The standard InChI is InChI=1S/C9H17O2/c1-3-5-6-8-11-9(10)7-4-2/h1,3-8H2,2H3. The third kappa shape index (κ3) is 7.37. The van der Waals surface area contributed by atoms with Crippen LogP contribution >= 0.6 is 0 Å². The molecule has 0 aliphatic heterocycles. The van der Waals surface area contributed by atoms with Crippen LogP contribution in [-0.2, 0) is 9.53 Å². The molecule has 1 radical (unpaired) electrons. The van der Waals surface area contributed by atoms with Crippen molar-refractivity contribution in [3.63, 3.8) is 0 Å². The number of esters is 1. The van der Waals surface area contributed by atoms with Crippen LogP contribution in [0.1, 0.15) is 39.0 Å². The summed E-state index contributed by atoms with van der Waals surface area (Å²) >= 11 is 0. The number of unbranched alkanes of at least 4 members (excludes halogenated alkanes) is 2. The largest absolute Gasteiger partial charge is 0.466 e. The van der Waals surface area contributed by atoms with E-state index in [0.29, 0.717) is 13.0 Å². The first kappa shape index (κ1) is 10.5. The van der Waals surface area contributed by atoms with Crippen molar-refractivity contribution in [1.82, 2.24) is 0 Å². The van der Waals surface area contributed by atoms with Crippen LogP contribution in [0, 0.1) is 6.92 Å². The maximum absolute atomic E-state index is 10.8. The van der Waals surface area contributed by atoms with Gasteiger partial charge in [-0.2, -0.15) is 0 Å². The minimum atomic E-state index is -0.0726. The molecule has 0 rings (SSSR count). The molecule has 0 atom stereocenters. The molecule has 11 heavy (non-hydrogen) atoms. The maximum Gasteiger partial charge on any atom is 0.305 e. The Bertz CT molecular complexity index is 99.7. The Hall–Kier alpha value is -0.530. The summed E-state index contributed by atoms with van der Waals surface area (Å²) in [6.45, 7) is 6.23. The summed E-state index contributed by atoms with van der Waals surface area (Å²) < 4.78 is 4.92. The summed E-state index contributed by atoms with van der Waals surface area (Å²) in [5.41, 5.74) is 0. The summed E-state index contributed by atoms with van der Waals surface area (Å²) in [7, 11) is 0. The Balaban J connectivity index is 3.04. The van der Waals surface area contributed by atoms with E-state index < -0.39 is 0 Å². The minimum Gasteiger partial charge on any atom is -0.466 e. The summed E-state index contributed by atoms with van der Waals surface area (Å²) in [5.74, 6) is -0.0726. The average molecular weight is 157 g/mol. The van der Waals surface area contributed by atoms with Crippen molar-refractivity contribution in [1.29, 1.82) is 0 Å². The lowest BCUT2D eigenvalue weighted by molar-refractivity contribution is -0.143. The summed E-state index contributed by atoms with van der Waals surface area (Å²) in [6, 6.07) is 0. The Labute approximate surface area is 68.9 Å². The summed E-state index contributed by atoms with van der Waals surface area (Å²) in [4.78, 5) is 10.8. The lowest BCUT2D eigenvalue weighted by Crippen LogP contribution is -2.04. The third-order valence-electron chi connectivity index (χ3n) is 1.36. The maximum atomic E-state index is 10.8. The zero-order valence-corrected chi connectivity index (χ0v) is 7.27. The quantitative estimate of drug-likeness (QED) is 0.437. The highest BCUT2D eigenvalue weighted by Crippen LogP contribution is 1.96. The van der Waals surface area contributed by atoms with Crippen molar-refractivity contribution in [2.24, 2.45) is 0 Å². The molecule has 0 spiro atoms. The van der Waals surface area contributed by atoms with Gasteiger partial charge in [0.25, 0.3) is 0 Å². The molecular weight excluding hydrogens is 140 g/mol. The first-order valence-corrected chi connectivity index (χ1v) is 4.26. The van der Waals surface area contributed by atoms with E-state index in [9.17, 15) is 4.79 Å². The molecule has 0 fully saturated rings. The molecule has 0 aromatic heterocycles. The van der Waals surface area contributed by atoms with Gasteiger partial charge < -0.3 is 4.74 Å². The van der Waals surface area contributed by atoms with Gasteiger partial charge >= 0.3 is 5.97 Å². The van der Waals surface area contributed by atoms with E-state index in [4.69, 9.17) is 4.74 Å². The number of hydrogen-bond donors (Lipinski definition) is 0. The van der Waals surface area contributed by atoms with Gasteiger partial charge in [0, 0.05) is 6.42 Å². The predicted octanol–water partition coefficient (Wildman–Crippen LogP) is 2.33. The molecule has 0 aliphatic rings. The topological polar surface area (TPSA) is 26.3 Å². The van der Waals surface area contributed by atoms with Crippen LogP contribution in [0.5, 0.6) is 0 Å². The smallest absolute Gasteiger partial charge is 0.305 e. The van der Waals surface area contributed by atoms with Crippen molar-refractivity contribution >= 4 is 5.97 Å². The van der Waals surface area contributed by atoms with Gasteiger partial charge in [-0.25, -0.2) is 0 Å². The third-order valence-corrected chi connectivity index (χ3v) is 1.36. The monoisotopic (exact) mass is 157 g/mol. The second-order valence-electron chi connectivity index (χ2n) is 2.53. The fourth-order valence-electron chi connectivity index (χ4n) is 0.741. The molecule has 65 valence electrons. The molecule has 0 N–H and O–H groups in total. The van der Waals surface area contributed by atoms with E-state index >= 15 is 0 Å². The van der Waals surface area contributed by atoms with Gasteiger partial charge in [0.05, 0.1) is 6.61 Å². The van der Waals surface area contributed by atoms with Crippen molar-refractivity contribution in [2.75, 3.05) is 6.61 Å². The van der Waals surface area contributed by atoms with E-state index in [2.05, 4.69) is 6.92 Å². The first-order valence-electron chi connectivity index (χ1n) is 4.26. The van der Waals surface area contributed by atoms with Crippen LogP contribution in [0.4, 0.5) is 0 Å². The Morgan fingerprint density at radius 2 is 2.18 bits per heavy atom. The fourth-order valence-corrected chi connectivity index (χ4v) is 0.741. The van der Waals surface area contributed by atoms with Crippen LogP contribution in [0.3, 0.4) is 0 Å². The van der Waals surface area contributed by atoms with Gasteiger partial charge in [0.1, 0.15) is 0 Å². The molecule has 2 nitrogen and oxygen atoms in total. The SMILES string of the molecule is [CH2]CCCCOC(=O)CCC. The van der Waals surface area contributed by atoms with Gasteiger partial charge in [0.2, 0.25) is 0 Å². The normalized spacial score (nSPS) is 9.64. The van der Waals surface area contributed by atoms with Crippen molar-refractivity contribution in [2.45, 2.75) is 39.0 Å². The van der Waals surface area contributed by atoms with E-state index in [1.165, 1.54) is 0 Å². The van der Waals surface area contributed by atoms with Gasteiger partial charge in [-0.05, 0) is 12.8 Å². The average Bonchev–Trinajstić information content (AvgIpc) is 1.99. The fraction of sp³-hybridized carbons (Fsp3) is 0.778. The van der Waals surface area contributed by atoms with E-state index in [1.54, 1.807) is 0 Å². The Morgan fingerprint density at radius 1 is 1.45 bits per heavy atom.